The lowest BCUT2D eigenvalue weighted by molar-refractivity contribution is -0.118. The van der Waals surface area contributed by atoms with Crippen molar-refractivity contribution in [3.05, 3.63) is 35.4 Å². The lowest BCUT2D eigenvalue weighted by atomic mass is 9.96. The Morgan fingerprint density at radius 2 is 2.13 bits per heavy atom. The van der Waals surface area contributed by atoms with Crippen molar-refractivity contribution in [2.24, 2.45) is 5.73 Å². The molecule has 0 spiro atoms. The third kappa shape index (κ3) is 3.06. The molecule has 1 aromatic rings. The van der Waals surface area contributed by atoms with Crippen LogP contribution in [0.5, 0.6) is 0 Å². The second kappa shape index (κ2) is 5.51. The van der Waals surface area contributed by atoms with Crippen molar-refractivity contribution in [2.75, 3.05) is 7.05 Å². The van der Waals surface area contributed by atoms with Crippen molar-refractivity contribution < 1.29 is 4.79 Å². The number of hydrogen-bond acceptors (Lipinski definition) is 2. The van der Waals surface area contributed by atoms with Crippen molar-refractivity contribution in [1.82, 2.24) is 5.32 Å². The lowest BCUT2D eigenvalue weighted by Crippen LogP contribution is -2.24. The van der Waals surface area contributed by atoms with E-state index in [4.69, 9.17) is 5.73 Å². The van der Waals surface area contributed by atoms with Crippen molar-refractivity contribution in [1.29, 1.82) is 0 Å². The monoisotopic (exact) mass is 206 g/mol. The average molecular weight is 206 g/mol. The highest BCUT2D eigenvalue weighted by Gasteiger charge is 2.14. The van der Waals surface area contributed by atoms with Crippen LogP contribution in [0.1, 0.15) is 30.5 Å². The number of hydrogen-bond donors (Lipinski definition) is 2. The Labute approximate surface area is 90.7 Å². The largest absolute Gasteiger partial charge is 0.370 e. The molecule has 0 saturated carbocycles. The number of rotatable bonds is 5. The van der Waals surface area contributed by atoms with Crippen molar-refractivity contribution in [3.8, 4) is 0 Å². The summed E-state index contributed by atoms with van der Waals surface area (Å²) in [6, 6.07) is 8.15. The van der Waals surface area contributed by atoms with E-state index in [0.29, 0.717) is 6.42 Å². The van der Waals surface area contributed by atoms with Crippen LogP contribution in [-0.2, 0) is 11.2 Å². The highest BCUT2D eigenvalue weighted by Crippen LogP contribution is 2.20. The van der Waals surface area contributed by atoms with Gasteiger partial charge >= 0.3 is 0 Å². The number of benzene rings is 1. The zero-order valence-electron chi connectivity index (χ0n) is 9.29. The molecule has 1 amide bonds. The van der Waals surface area contributed by atoms with E-state index in [0.717, 1.165) is 6.42 Å². The van der Waals surface area contributed by atoms with Crippen LogP contribution in [0.2, 0.25) is 0 Å². The smallest absolute Gasteiger partial charge is 0.219 e. The van der Waals surface area contributed by atoms with Crippen LogP contribution < -0.4 is 11.1 Å². The molecule has 1 unspecified atom stereocenters. The van der Waals surface area contributed by atoms with E-state index < -0.39 is 0 Å². The molecule has 0 heterocycles. The molecule has 0 aliphatic heterocycles. The molecule has 0 radical (unpaired) electrons. The summed E-state index contributed by atoms with van der Waals surface area (Å²) in [6.45, 7) is 2.11. The number of primary amides is 1. The average Bonchev–Trinajstić information content (AvgIpc) is 2.25. The number of aryl methyl sites for hydroxylation is 1. The van der Waals surface area contributed by atoms with Crippen molar-refractivity contribution in [3.63, 3.8) is 0 Å². The lowest BCUT2D eigenvalue weighted by Gasteiger charge is -2.18. The molecule has 3 N–H and O–H groups in total. The summed E-state index contributed by atoms with van der Waals surface area (Å²) in [6.07, 6.45) is 1.31. The van der Waals surface area contributed by atoms with Gasteiger partial charge in [0.05, 0.1) is 0 Å². The van der Waals surface area contributed by atoms with Gasteiger partial charge in [0.25, 0.3) is 0 Å². The van der Waals surface area contributed by atoms with Crippen LogP contribution in [-0.4, -0.2) is 13.0 Å². The van der Waals surface area contributed by atoms with Gasteiger partial charge in [-0.05, 0) is 24.6 Å². The third-order valence-corrected chi connectivity index (χ3v) is 2.57. The van der Waals surface area contributed by atoms with Gasteiger partial charge in [-0.3, -0.25) is 4.79 Å². The number of carbonyl (C=O) groups is 1. The molecule has 15 heavy (non-hydrogen) atoms. The third-order valence-electron chi connectivity index (χ3n) is 2.57. The predicted octanol–water partition coefficient (Wildman–Crippen LogP) is 1.38. The molecule has 1 rings (SSSR count). The minimum Gasteiger partial charge on any atom is -0.370 e. The molecule has 0 saturated heterocycles. The number of amides is 1. The van der Waals surface area contributed by atoms with Gasteiger partial charge in [0, 0.05) is 12.5 Å². The number of nitrogens with two attached hydrogens (primary N) is 1. The molecular formula is C12H18N2O. The number of carbonyl (C=O) groups excluding carboxylic acids is 1. The first kappa shape index (κ1) is 11.7. The van der Waals surface area contributed by atoms with Gasteiger partial charge in [0.1, 0.15) is 0 Å². The van der Waals surface area contributed by atoms with Gasteiger partial charge in [-0.2, -0.15) is 0 Å². The Morgan fingerprint density at radius 1 is 1.47 bits per heavy atom. The van der Waals surface area contributed by atoms with Gasteiger partial charge in [-0.1, -0.05) is 31.2 Å². The first-order valence-corrected chi connectivity index (χ1v) is 5.22. The molecule has 0 aromatic heterocycles. The summed E-state index contributed by atoms with van der Waals surface area (Å²) in [5.41, 5.74) is 7.65. The van der Waals surface area contributed by atoms with E-state index in [1.165, 1.54) is 11.1 Å². The standard InChI is InChI=1S/C12H18N2O/c1-3-9-6-4-5-7-10(9)11(14-2)8-12(13)15/h4-7,11,14H,3,8H2,1-2H3,(H2,13,15). The molecular weight excluding hydrogens is 188 g/mol. The molecule has 0 bridgehead atoms. The molecule has 1 aromatic carbocycles. The van der Waals surface area contributed by atoms with Gasteiger partial charge < -0.3 is 11.1 Å². The van der Waals surface area contributed by atoms with Crippen molar-refractivity contribution >= 4 is 5.91 Å². The van der Waals surface area contributed by atoms with Gasteiger partial charge in [0.2, 0.25) is 5.91 Å². The van der Waals surface area contributed by atoms with Gasteiger partial charge in [0.15, 0.2) is 0 Å². The van der Waals surface area contributed by atoms with E-state index in [1.54, 1.807) is 0 Å². The maximum atomic E-state index is 10.9. The zero-order valence-corrected chi connectivity index (χ0v) is 9.29. The van der Waals surface area contributed by atoms with E-state index in [1.807, 2.05) is 25.2 Å². The SMILES string of the molecule is CCc1ccccc1C(CC(N)=O)NC. The first-order chi connectivity index (χ1) is 7.19. The van der Waals surface area contributed by atoms with E-state index >= 15 is 0 Å². The van der Waals surface area contributed by atoms with Crippen LogP contribution in [0.3, 0.4) is 0 Å². The fraction of sp³-hybridized carbons (Fsp3) is 0.417. The minimum atomic E-state index is -0.278. The highest BCUT2D eigenvalue weighted by atomic mass is 16.1. The van der Waals surface area contributed by atoms with Gasteiger partial charge in [-0.25, -0.2) is 0 Å². The summed E-state index contributed by atoms with van der Waals surface area (Å²) in [7, 11) is 1.85. The molecule has 1 atom stereocenters. The summed E-state index contributed by atoms with van der Waals surface area (Å²) in [5.74, 6) is -0.278. The van der Waals surface area contributed by atoms with Crippen LogP contribution in [0.4, 0.5) is 0 Å². The van der Waals surface area contributed by atoms with E-state index in [2.05, 4.69) is 18.3 Å². The Morgan fingerprint density at radius 3 is 2.67 bits per heavy atom. The molecule has 0 aliphatic carbocycles. The van der Waals surface area contributed by atoms with E-state index in [-0.39, 0.29) is 11.9 Å². The molecule has 0 fully saturated rings. The van der Waals surface area contributed by atoms with E-state index in [9.17, 15) is 4.79 Å². The summed E-state index contributed by atoms with van der Waals surface area (Å²) < 4.78 is 0. The Hall–Kier alpha value is -1.35. The normalized spacial score (nSPS) is 12.4. The summed E-state index contributed by atoms with van der Waals surface area (Å²) >= 11 is 0. The quantitative estimate of drug-likeness (QED) is 0.764. The fourth-order valence-electron chi connectivity index (χ4n) is 1.76. The van der Waals surface area contributed by atoms with Gasteiger partial charge in [-0.15, -0.1) is 0 Å². The van der Waals surface area contributed by atoms with Crippen LogP contribution in [0.15, 0.2) is 24.3 Å². The molecule has 3 heteroatoms. The maximum Gasteiger partial charge on any atom is 0.219 e. The van der Waals surface area contributed by atoms with Crippen LogP contribution >= 0.6 is 0 Å². The number of nitrogens with one attached hydrogen (secondary N) is 1. The highest BCUT2D eigenvalue weighted by molar-refractivity contribution is 5.74. The molecule has 82 valence electrons. The van der Waals surface area contributed by atoms with Crippen LogP contribution in [0.25, 0.3) is 0 Å². The maximum absolute atomic E-state index is 10.9. The van der Waals surface area contributed by atoms with Crippen molar-refractivity contribution in [2.45, 2.75) is 25.8 Å². The Balaban J connectivity index is 2.95. The Bertz CT molecular complexity index is 336. The van der Waals surface area contributed by atoms with Crippen LogP contribution in [0, 0.1) is 0 Å². The first-order valence-electron chi connectivity index (χ1n) is 5.22. The summed E-state index contributed by atoms with van der Waals surface area (Å²) in [4.78, 5) is 10.9. The predicted molar refractivity (Wildman–Crippen MR) is 61.4 cm³/mol. The topological polar surface area (TPSA) is 55.1 Å². The molecule has 3 nitrogen and oxygen atoms in total. The summed E-state index contributed by atoms with van der Waals surface area (Å²) in [5, 5.41) is 3.12. The second-order valence-corrected chi connectivity index (χ2v) is 3.56. The second-order valence-electron chi connectivity index (χ2n) is 3.56. The molecule has 0 aliphatic rings. The fourth-order valence-corrected chi connectivity index (χ4v) is 1.76. The zero-order chi connectivity index (χ0) is 11.3. The minimum absolute atomic E-state index is 0.0265. The Kier molecular flexibility index (Phi) is 4.31.